The van der Waals surface area contributed by atoms with Gasteiger partial charge in [-0.2, -0.15) is 14.8 Å². The van der Waals surface area contributed by atoms with Crippen molar-refractivity contribution in [3.63, 3.8) is 0 Å². The zero-order valence-electron chi connectivity index (χ0n) is 14.9. The second kappa shape index (κ2) is 7.40. The van der Waals surface area contributed by atoms with Gasteiger partial charge in [0, 0.05) is 5.39 Å². The Kier molecular flexibility index (Phi) is 4.63. The highest BCUT2D eigenvalue weighted by Gasteiger charge is 2.17. The van der Waals surface area contributed by atoms with E-state index < -0.39 is 5.95 Å². The van der Waals surface area contributed by atoms with Gasteiger partial charge in [0.2, 0.25) is 5.95 Å². The van der Waals surface area contributed by atoms with Gasteiger partial charge in [-0.15, -0.1) is 4.91 Å². The van der Waals surface area contributed by atoms with Crippen molar-refractivity contribution in [2.45, 2.75) is 6.54 Å². The van der Waals surface area contributed by atoms with Crippen LogP contribution < -0.4 is 5.56 Å². The Bertz CT molecular complexity index is 1340. The second-order valence-electron chi connectivity index (χ2n) is 6.29. The first kappa shape index (κ1) is 18.1. The minimum absolute atomic E-state index is 0.0214. The van der Waals surface area contributed by atoms with E-state index in [4.69, 9.17) is 5.26 Å². The molecule has 140 valence electrons. The first-order valence-corrected chi connectivity index (χ1v) is 8.59. The van der Waals surface area contributed by atoms with Gasteiger partial charge < -0.3 is 0 Å². The van der Waals surface area contributed by atoms with Crippen molar-refractivity contribution in [3.8, 4) is 17.3 Å². The van der Waals surface area contributed by atoms with E-state index >= 15 is 0 Å². The molecule has 0 aliphatic carbocycles. The molecule has 0 spiro atoms. The summed E-state index contributed by atoms with van der Waals surface area (Å²) in [6.07, 6.45) is 1.03. The molecular formula is C21H12FN5O2. The molecule has 29 heavy (non-hydrogen) atoms. The quantitative estimate of drug-likeness (QED) is 0.391. The summed E-state index contributed by atoms with van der Waals surface area (Å²) in [6.45, 7) is 0.128. The van der Waals surface area contributed by atoms with E-state index in [9.17, 15) is 14.1 Å². The lowest BCUT2D eigenvalue weighted by molar-refractivity contribution is 0.584. The fraction of sp³-hybridized carbons (Fsp3) is 0.0476. The predicted molar refractivity (Wildman–Crippen MR) is 105 cm³/mol. The van der Waals surface area contributed by atoms with Gasteiger partial charge in [0.05, 0.1) is 35.3 Å². The first-order chi connectivity index (χ1) is 14.1. The smallest absolute Gasteiger partial charge is 0.267 e. The number of pyridine rings is 1. The number of aromatic nitrogens is 3. The summed E-state index contributed by atoms with van der Waals surface area (Å²) in [4.78, 5) is 27.4. The van der Waals surface area contributed by atoms with Crippen LogP contribution in [0, 0.1) is 22.2 Å². The minimum Gasteiger partial charge on any atom is -0.267 e. The average Bonchev–Trinajstić information content (AvgIpc) is 2.77. The van der Waals surface area contributed by atoms with E-state index in [-0.39, 0.29) is 29.0 Å². The Labute approximate surface area is 163 Å². The van der Waals surface area contributed by atoms with Crippen LogP contribution in [0.15, 0.2) is 70.8 Å². The highest BCUT2D eigenvalue weighted by atomic mass is 19.1. The van der Waals surface area contributed by atoms with Crippen molar-refractivity contribution in [1.82, 2.24) is 14.8 Å². The Hall–Kier alpha value is -4.25. The minimum atomic E-state index is -0.821. The molecule has 0 fully saturated rings. The standard InChI is InChI=1S/C21H12FN5O2/c22-20-18(9-15(26-29)11-24-20)19-16-3-1-2-4-17(16)21(28)27(25-19)12-14-7-5-13(10-23)6-8-14/h1-9,11H,12H2. The maximum atomic E-state index is 14.4. The molecule has 4 aromatic rings. The molecule has 0 unspecified atom stereocenters. The van der Waals surface area contributed by atoms with Crippen LogP contribution in [-0.4, -0.2) is 14.8 Å². The van der Waals surface area contributed by atoms with E-state index in [1.165, 1.54) is 10.7 Å². The highest BCUT2D eigenvalue weighted by Crippen LogP contribution is 2.29. The van der Waals surface area contributed by atoms with Crippen LogP contribution >= 0.6 is 0 Å². The molecule has 0 amide bonds. The van der Waals surface area contributed by atoms with Crippen LogP contribution in [0.25, 0.3) is 22.0 Å². The highest BCUT2D eigenvalue weighted by molar-refractivity contribution is 5.94. The van der Waals surface area contributed by atoms with Crippen LogP contribution in [0.4, 0.5) is 10.1 Å². The lowest BCUT2D eigenvalue weighted by atomic mass is 10.1. The molecule has 0 N–H and O–H groups in total. The molecule has 8 heteroatoms. The normalized spacial score (nSPS) is 10.6. The third kappa shape index (κ3) is 3.37. The average molecular weight is 385 g/mol. The number of fused-ring (bicyclic) bond motifs is 1. The van der Waals surface area contributed by atoms with Crippen LogP contribution in [0.1, 0.15) is 11.1 Å². The molecule has 0 radical (unpaired) electrons. The maximum absolute atomic E-state index is 14.4. The molecule has 0 bridgehead atoms. The summed E-state index contributed by atoms with van der Waals surface area (Å²) in [5, 5.41) is 16.9. The van der Waals surface area contributed by atoms with Crippen molar-refractivity contribution in [3.05, 3.63) is 93.1 Å². The molecule has 0 saturated carbocycles. The van der Waals surface area contributed by atoms with E-state index in [1.807, 2.05) is 6.07 Å². The Balaban J connectivity index is 1.93. The molecule has 0 aliphatic rings. The van der Waals surface area contributed by atoms with Crippen molar-refractivity contribution < 1.29 is 4.39 Å². The number of hydrogen-bond acceptors (Lipinski definition) is 6. The lowest BCUT2D eigenvalue weighted by Gasteiger charge is -2.12. The fourth-order valence-electron chi connectivity index (χ4n) is 3.05. The largest absolute Gasteiger partial charge is 0.274 e. The van der Waals surface area contributed by atoms with E-state index in [0.29, 0.717) is 16.3 Å². The van der Waals surface area contributed by atoms with Gasteiger partial charge in [0.15, 0.2) is 0 Å². The monoisotopic (exact) mass is 385 g/mol. The topological polar surface area (TPSA) is 101 Å². The third-order valence-corrected chi connectivity index (χ3v) is 4.47. The molecular weight excluding hydrogens is 373 g/mol. The summed E-state index contributed by atoms with van der Waals surface area (Å²) in [5.41, 5.74) is 1.03. The van der Waals surface area contributed by atoms with Gasteiger partial charge in [-0.25, -0.2) is 9.67 Å². The molecule has 4 rings (SSSR count). The summed E-state index contributed by atoms with van der Waals surface area (Å²) in [5.74, 6) is -0.821. The molecule has 0 atom stereocenters. The van der Waals surface area contributed by atoms with E-state index in [2.05, 4.69) is 15.3 Å². The third-order valence-electron chi connectivity index (χ3n) is 4.47. The van der Waals surface area contributed by atoms with Crippen LogP contribution in [0.2, 0.25) is 0 Å². The Morgan fingerprint density at radius 2 is 1.83 bits per heavy atom. The number of rotatable bonds is 4. The van der Waals surface area contributed by atoms with Gasteiger partial charge in [-0.05, 0) is 35.0 Å². The Morgan fingerprint density at radius 1 is 1.10 bits per heavy atom. The van der Waals surface area contributed by atoms with Crippen LogP contribution in [-0.2, 0) is 6.54 Å². The number of nitrogens with zero attached hydrogens (tertiary/aromatic N) is 5. The second-order valence-corrected chi connectivity index (χ2v) is 6.29. The molecule has 2 aromatic heterocycles. The summed E-state index contributed by atoms with van der Waals surface area (Å²) in [7, 11) is 0. The van der Waals surface area contributed by atoms with Gasteiger partial charge >= 0.3 is 0 Å². The zero-order valence-corrected chi connectivity index (χ0v) is 14.9. The van der Waals surface area contributed by atoms with Crippen molar-refractivity contribution >= 4 is 16.5 Å². The number of hydrogen-bond donors (Lipinski definition) is 0. The molecule has 2 aromatic carbocycles. The predicted octanol–water partition coefficient (Wildman–Crippen LogP) is 3.92. The fourth-order valence-corrected chi connectivity index (χ4v) is 3.05. The SMILES string of the molecule is N#Cc1ccc(Cn2nc(-c3cc(N=O)cnc3F)c3ccccc3c2=O)cc1. The van der Waals surface area contributed by atoms with Crippen LogP contribution in [0.5, 0.6) is 0 Å². The van der Waals surface area contributed by atoms with E-state index in [1.54, 1.807) is 48.5 Å². The van der Waals surface area contributed by atoms with Gasteiger partial charge in [-0.1, -0.05) is 30.3 Å². The molecule has 7 nitrogen and oxygen atoms in total. The van der Waals surface area contributed by atoms with Gasteiger partial charge in [0.1, 0.15) is 11.4 Å². The summed E-state index contributed by atoms with van der Waals surface area (Å²) in [6, 6.07) is 16.7. The lowest BCUT2D eigenvalue weighted by Crippen LogP contribution is -2.24. The zero-order chi connectivity index (χ0) is 20.4. The number of nitriles is 1. The molecule has 0 saturated heterocycles. The summed E-state index contributed by atoms with van der Waals surface area (Å²) >= 11 is 0. The van der Waals surface area contributed by atoms with Gasteiger partial charge in [-0.3, -0.25) is 4.79 Å². The number of halogens is 1. The first-order valence-electron chi connectivity index (χ1n) is 8.59. The van der Waals surface area contributed by atoms with Crippen molar-refractivity contribution in [2.24, 2.45) is 5.18 Å². The van der Waals surface area contributed by atoms with Crippen molar-refractivity contribution in [2.75, 3.05) is 0 Å². The van der Waals surface area contributed by atoms with Crippen molar-refractivity contribution in [1.29, 1.82) is 5.26 Å². The van der Waals surface area contributed by atoms with Crippen LogP contribution in [0.3, 0.4) is 0 Å². The number of nitroso groups, excluding NO2 is 1. The molecule has 2 heterocycles. The summed E-state index contributed by atoms with van der Waals surface area (Å²) < 4.78 is 15.7. The molecule has 0 aliphatic heterocycles. The van der Waals surface area contributed by atoms with E-state index in [0.717, 1.165) is 11.8 Å². The number of benzene rings is 2. The van der Waals surface area contributed by atoms with Gasteiger partial charge in [0.25, 0.3) is 5.56 Å². The maximum Gasteiger partial charge on any atom is 0.274 e. The Morgan fingerprint density at radius 3 is 2.52 bits per heavy atom.